The van der Waals surface area contributed by atoms with Crippen molar-refractivity contribution < 1.29 is 29.2 Å². The van der Waals surface area contributed by atoms with E-state index in [1.54, 1.807) is 14.0 Å². The van der Waals surface area contributed by atoms with Gasteiger partial charge in [-0.25, -0.2) is 0 Å². The van der Waals surface area contributed by atoms with Crippen LogP contribution in [-0.2, 0) is 19.0 Å². The Hall–Kier alpha value is -0.950. The average molecular weight is 380 g/mol. The van der Waals surface area contributed by atoms with Crippen molar-refractivity contribution in [2.75, 3.05) is 13.7 Å². The predicted octanol–water partition coefficient (Wildman–Crippen LogP) is 1.97. The molecular weight excluding hydrogens is 348 g/mol. The third kappa shape index (κ3) is 2.79. The van der Waals surface area contributed by atoms with E-state index < -0.39 is 17.8 Å². The quantitative estimate of drug-likeness (QED) is 0.575. The molecule has 4 unspecified atom stereocenters. The van der Waals surface area contributed by atoms with Crippen molar-refractivity contribution in [1.82, 2.24) is 0 Å². The zero-order valence-electron chi connectivity index (χ0n) is 16.5. The Morgan fingerprint density at radius 1 is 1.33 bits per heavy atom. The molecule has 0 aromatic carbocycles. The summed E-state index contributed by atoms with van der Waals surface area (Å²) >= 11 is 0. The first-order valence-electron chi connectivity index (χ1n) is 10.3. The molecule has 0 aromatic rings. The van der Waals surface area contributed by atoms with E-state index in [4.69, 9.17) is 14.2 Å². The molecule has 8 atom stereocenters. The fraction of sp³-hybridized carbons (Fsp3) is 0.857. The highest BCUT2D eigenvalue weighted by Gasteiger charge is 2.65. The number of aliphatic hydroxyl groups excluding tert-OH is 2. The summed E-state index contributed by atoms with van der Waals surface area (Å²) in [6.07, 6.45) is 4.60. The molecule has 0 aromatic heterocycles. The normalized spacial score (nSPS) is 48.9. The Morgan fingerprint density at radius 2 is 2.11 bits per heavy atom. The number of fused-ring (bicyclic) bond motifs is 5. The van der Waals surface area contributed by atoms with Gasteiger partial charge in [0.1, 0.15) is 5.60 Å². The molecule has 6 heteroatoms. The van der Waals surface area contributed by atoms with Gasteiger partial charge in [-0.1, -0.05) is 25.5 Å². The van der Waals surface area contributed by atoms with Gasteiger partial charge in [-0.05, 0) is 43.4 Å². The Bertz CT molecular complexity index is 632. The van der Waals surface area contributed by atoms with Gasteiger partial charge >= 0.3 is 5.97 Å². The lowest BCUT2D eigenvalue weighted by Gasteiger charge is -2.57. The minimum atomic E-state index is -0.692. The van der Waals surface area contributed by atoms with Gasteiger partial charge in [0.25, 0.3) is 0 Å². The maximum atomic E-state index is 11.9. The summed E-state index contributed by atoms with van der Waals surface area (Å²) < 4.78 is 17.8. The molecule has 3 fully saturated rings. The summed E-state index contributed by atoms with van der Waals surface area (Å²) in [7, 11) is 1.66. The van der Waals surface area contributed by atoms with E-state index in [2.05, 4.69) is 6.92 Å². The third-order valence-corrected chi connectivity index (χ3v) is 7.83. The first kappa shape index (κ1) is 19.4. The van der Waals surface area contributed by atoms with E-state index in [1.165, 1.54) is 5.57 Å². The number of methoxy groups -OCH3 is 1. The minimum Gasteiger partial charge on any atom is -0.457 e. The van der Waals surface area contributed by atoms with Crippen LogP contribution in [0, 0.1) is 17.3 Å². The second-order valence-electron chi connectivity index (χ2n) is 8.96. The van der Waals surface area contributed by atoms with Crippen LogP contribution >= 0.6 is 0 Å². The standard InChI is InChI=1S/C21H32O6/c1-4-17(24)27-16-11-26-19-18-14(6-8-21(16,19)25-3)20(2)7-5-13(22)9-12(20)10-15(18)23/h10,13-16,18-19,22-23H,4-9,11H2,1-3H3/t13-,14?,15?,16-,18?,19?,20-,21-/m0/s1. The van der Waals surface area contributed by atoms with Crippen LogP contribution in [0.3, 0.4) is 0 Å². The number of carbonyl (C=O) groups is 1. The zero-order valence-corrected chi connectivity index (χ0v) is 16.5. The molecule has 2 saturated carbocycles. The van der Waals surface area contributed by atoms with Gasteiger partial charge in [-0.15, -0.1) is 0 Å². The second kappa shape index (κ2) is 6.83. The van der Waals surface area contributed by atoms with Crippen molar-refractivity contribution in [2.24, 2.45) is 17.3 Å². The van der Waals surface area contributed by atoms with Gasteiger partial charge in [-0.2, -0.15) is 0 Å². The van der Waals surface area contributed by atoms with Crippen molar-refractivity contribution in [2.45, 2.75) is 82.4 Å². The summed E-state index contributed by atoms with van der Waals surface area (Å²) in [5.41, 5.74) is 0.472. The van der Waals surface area contributed by atoms with Gasteiger partial charge in [-0.3, -0.25) is 4.79 Å². The third-order valence-electron chi connectivity index (χ3n) is 7.83. The molecule has 2 N–H and O–H groups in total. The maximum Gasteiger partial charge on any atom is 0.305 e. The molecule has 0 radical (unpaired) electrons. The number of aliphatic hydroxyl groups is 2. The molecule has 6 nitrogen and oxygen atoms in total. The molecule has 1 heterocycles. The van der Waals surface area contributed by atoms with E-state index in [0.29, 0.717) is 19.4 Å². The Balaban J connectivity index is 1.66. The van der Waals surface area contributed by atoms with E-state index in [0.717, 1.165) is 25.7 Å². The van der Waals surface area contributed by atoms with Crippen molar-refractivity contribution in [3.05, 3.63) is 11.6 Å². The molecule has 0 amide bonds. The van der Waals surface area contributed by atoms with Crippen LogP contribution < -0.4 is 0 Å². The lowest BCUT2D eigenvalue weighted by molar-refractivity contribution is -0.196. The molecule has 3 aliphatic carbocycles. The maximum absolute atomic E-state index is 11.9. The van der Waals surface area contributed by atoms with Gasteiger partial charge in [0.2, 0.25) is 0 Å². The number of ether oxygens (including phenoxy) is 3. The van der Waals surface area contributed by atoms with E-state index >= 15 is 0 Å². The van der Waals surface area contributed by atoms with Gasteiger partial charge in [0.05, 0.1) is 24.9 Å². The molecule has 4 aliphatic rings. The number of hydrogen-bond acceptors (Lipinski definition) is 6. The van der Waals surface area contributed by atoms with E-state index in [-0.39, 0.29) is 35.4 Å². The summed E-state index contributed by atoms with van der Waals surface area (Å²) in [5.74, 6) is -0.0654. The SMILES string of the molecule is CCC(=O)O[C@H]1COC2C3C(O)C=C4C[C@@H](O)CC[C@]4(C)C3CC[C@@]21OC. The average Bonchev–Trinajstić information content (AvgIpc) is 3.02. The largest absolute Gasteiger partial charge is 0.457 e. The van der Waals surface area contributed by atoms with Crippen LogP contribution in [0.1, 0.15) is 52.4 Å². The topological polar surface area (TPSA) is 85.2 Å². The van der Waals surface area contributed by atoms with Gasteiger partial charge < -0.3 is 24.4 Å². The molecule has 4 rings (SSSR count). The van der Waals surface area contributed by atoms with Crippen molar-refractivity contribution in [3.63, 3.8) is 0 Å². The van der Waals surface area contributed by atoms with Crippen LogP contribution in [0.25, 0.3) is 0 Å². The minimum absolute atomic E-state index is 0.0232. The Morgan fingerprint density at radius 3 is 2.81 bits per heavy atom. The molecule has 152 valence electrons. The summed E-state index contributed by atoms with van der Waals surface area (Å²) in [6, 6.07) is 0. The molecule has 27 heavy (non-hydrogen) atoms. The smallest absolute Gasteiger partial charge is 0.305 e. The van der Waals surface area contributed by atoms with Crippen molar-refractivity contribution in [1.29, 1.82) is 0 Å². The Labute approximate surface area is 160 Å². The van der Waals surface area contributed by atoms with Crippen LogP contribution in [0.4, 0.5) is 0 Å². The van der Waals surface area contributed by atoms with Crippen LogP contribution in [0.15, 0.2) is 11.6 Å². The Kier molecular flexibility index (Phi) is 4.90. The number of carbonyl (C=O) groups excluding carboxylic acids is 1. The highest BCUT2D eigenvalue weighted by molar-refractivity contribution is 5.69. The summed E-state index contributed by atoms with van der Waals surface area (Å²) in [5, 5.41) is 21.1. The number of hydrogen-bond donors (Lipinski definition) is 2. The van der Waals surface area contributed by atoms with Crippen LogP contribution in [0.5, 0.6) is 0 Å². The highest BCUT2D eigenvalue weighted by atomic mass is 16.6. The van der Waals surface area contributed by atoms with Crippen LogP contribution in [0.2, 0.25) is 0 Å². The summed E-state index contributed by atoms with van der Waals surface area (Å²) in [6.45, 7) is 4.37. The first-order valence-corrected chi connectivity index (χ1v) is 10.3. The predicted molar refractivity (Wildman–Crippen MR) is 97.9 cm³/mol. The van der Waals surface area contributed by atoms with Gasteiger partial charge in [0.15, 0.2) is 6.10 Å². The fourth-order valence-corrected chi connectivity index (χ4v) is 6.28. The lowest BCUT2D eigenvalue weighted by atomic mass is 9.50. The monoisotopic (exact) mass is 380 g/mol. The molecule has 1 saturated heterocycles. The number of esters is 1. The second-order valence-corrected chi connectivity index (χ2v) is 8.96. The van der Waals surface area contributed by atoms with Gasteiger partial charge in [0, 0.05) is 19.4 Å². The number of rotatable bonds is 3. The fourth-order valence-electron chi connectivity index (χ4n) is 6.28. The molecule has 0 spiro atoms. The zero-order chi connectivity index (χ0) is 19.4. The molecule has 0 bridgehead atoms. The van der Waals surface area contributed by atoms with E-state index in [1.807, 2.05) is 6.08 Å². The van der Waals surface area contributed by atoms with Crippen molar-refractivity contribution in [3.8, 4) is 0 Å². The first-order chi connectivity index (χ1) is 12.9. The van der Waals surface area contributed by atoms with Crippen LogP contribution in [-0.4, -0.2) is 59.9 Å². The van der Waals surface area contributed by atoms with E-state index in [9.17, 15) is 15.0 Å². The highest BCUT2D eigenvalue weighted by Crippen LogP contribution is 2.60. The van der Waals surface area contributed by atoms with Crippen molar-refractivity contribution >= 4 is 5.97 Å². The molecule has 1 aliphatic heterocycles. The molecular formula is C21H32O6. The lowest BCUT2D eigenvalue weighted by Crippen LogP contribution is -2.63. The summed E-state index contributed by atoms with van der Waals surface area (Å²) in [4.78, 5) is 11.9.